The molecule has 2 unspecified atom stereocenters. The van der Waals surface area contributed by atoms with Gasteiger partial charge >= 0.3 is 0 Å². The minimum absolute atomic E-state index is 0.786. The summed E-state index contributed by atoms with van der Waals surface area (Å²) in [6.07, 6.45) is 8.52. The van der Waals surface area contributed by atoms with E-state index in [2.05, 4.69) is 27.1 Å². The Kier molecular flexibility index (Phi) is 4.46. The minimum Gasteiger partial charge on any atom is -0.490 e. The van der Waals surface area contributed by atoms with Crippen LogP contribution in [0.5, 0.6) is 5.75 Å². The molecule has 1 aromatic rings. The van der Waals surface area contributed by atoms with Crippen molar-refractivity contribution < 1.29 is 4.74 Å². The number of nitrogens with zero attached hydrogens (tertiary/aromatic N) is 3. The lowest BCUT2D eigenvalue weighted by atomic mass is 9.75. The van der Waals surface area contributed by atoms with E-state index in [9.17, 15) is 0 Å². The number of anilines is 2. The zero-order chi connectivity index (χ0) is 14.7. The summed E-state index contributed by atoms with van der Waals surface area (Å²) in [6, 6.07) is 0. The molecular weight excluding hydrogens is 264 g/mol. The maximum Gasteiger partial charge on any atom is 0.204 e. The van der Waals surface area contributed by atoms with Gasteiger partial charge in [0, 0.05) is 19.6 Å². The van der Waals surface area contributed by atoms with Gasteiger partial charge in [0.25, 0.3) is 0 Å². The Bertz CT molecular complexity index is 479. The highest BCUT2D eigenvalue weighted by Gasteiger charge is 2.33. The number of ether oxygens (including phenoxy) is 1. The van der Waals surface area contributed by atoms with Crippen molar-refractivity contribution in [1.82, 2.24) is 9.97 Å². The summed E-state index contributed by atoms with van der Waals surface area (Å²) in [7, 11) is 1.70. The van der Waals surface area contributed by atoms with Crippen LogP contribution < -0.4 is 15.0 Å². The van der Waals surface area contributed by atoms with Crippen molar-refractivity contribution in [1.29, 1.82) is 0 Å². The van der Waals surface area contributed by atoms with E-state index in [1.54, 1.807) is 13.4 Å². The fourth-order valence-corrected chi connectivity index (χ4v) is 3.86. The van der Waals surface area contributed by atoms with E-state index in [1.807, 2.05) is 0 Å². The minimum atomic E-state index is 0.786. The highest BCUT2D eigenvalue weighted by molar-refractivity contribution is 5.64. The van der Waals surface area contributed by atoms with Crippen molar-refractivity contribution in [2.24, 2.45) is 11.8 Å². The number of hydrogen-bond acceptors (Lipinski definition) is 5. The molecule has 5 nitrogen and oxygen atoms in total. The molecule has 2 aliphatic rings. The first kappa shape index (κ1) is 14.4. The highest BCUT2D eigenvalue weighted by atomic mass is 16.5. The van der Waals surface area contributed by atoms with Crippen molar-refractivity contribution >= 4 is 11.6 Å². The number of aromatic nitrogens is 2. The van der Waals surface area contributed by atoms with Crippen LogP contribution in [0.15, 0.2) is 6.33 Å². The summed E-state index contributed by atoms with van der Waals surface area (Å²) in [5.41, 5.74) is 0. The molecule has 1 saturated heterocycles. The van der Waals surface area contributed by atoms with Gasteiger partial charge in [-0.15, -0.1) is 0 Å². The Morgan fingerprint density at radius 1 is 1.24 bits per heavy atom. The number of methoxy groups -OCH3 is 1. The number of rotatable bonds is 4. The van der Waals surface area contributed by atoms with Crippen LogP contribution in [0.2, 0.25) is 0 Å². The highest BCUT2D eigenvalue weighted by Crippen LogP contribution is 2.40. The summed E-state index contributed by atoms with van der Waals surface area (Å²) in [6.45, 7) is 5.09. The number of piperidine rings is 1. The van der Waals surface area contributed by atoms with Crippen LogP contribution in [0, 0.1) is 11.8 Å². The third kappa shape index (κ3) is 2.92. The van der Waals surface area contributed by atoms with Gasteiger partial charge in [0.2, 0.25) is 5.75 Å². The third-order valence-electron chi connectivity index (χ3n) is 4.92. The van der Waals surface area contributed by atoms with Crippen LogP contribution >= 0.6 is 0 Å². The number of fused-ring (bicyclic) bond motifs is 1. The molecule has 116 valence electrons. The van der Waals surface area contributed by atoms with Gasteiger partial charge in [0.15, 0.2) is 11.6 Å². The van der Waals surface area contributed by atoms with E-state index < -0.39 is 0 Å². The van der Waals surface area contributed by atoms with E-state index in [-0.39, 0.29) is 0 Å². The molecule has 1 N–H and O–H groups in total. The fraction of sp³-hybridized carbons (Fsp3) is 0.750. The molecule has 0 amide bonds. The molecule has 1 saturated carbocycles. The average molecular weight is 290 g/mol. The first-order chi connectivity index (χ1) is 10.3. The van der Waals surface area contributed by atoms with Gasteiger partial charge in [-0.1, -0.05) is 19.3 Å². The second-order valence-electron chi connectivity index (χ2n) is 6.15. The molecule has 2 heterocycles. The lowest BCUT2D eigenvalue weighted by Crippen LogP contribution is -2.42. The monoisotopic (exact) mass is 290 g/mol. The maximum absolute atomic E-state index is 5.59. The van der Waals surface area contributed by atoms with Crippen LogP contribution in [0.3, 0.4) is 0 Å². The molecule has 1 aliphatic heterocycles. The van der Waals surface area contributed by atoms with Crippen molar-refractivity contribution in [3.05, 3.63) is 6.33 Å². The molecule has 0 spiro atoms. The Hall–Kier alpha value is -1.52. The summed E-state index contributed by atoms with van der Waals surface area (Å²) in [5, 5.41) is 3.26. The van der Waals surface area contributed by atoms with Crippen LogP contribution in [-0.4, -0.2) is 36.7 Å². The van der Waals surface area contributed by atoms with Crippen LogP contribution in [0.1, 0.15) is 39.0 Å². The van der Waals surface area contributed by atoms with Crippen LogP contribution in [0.25, 0.3) is 0 Å². The molecule has 1 aromatic heterocycles. The molecule has 5 heteroatoms. The second kappa shape index (κ2) is 6.50. The van der Waals surface area contributed by atoms with E-state index in [0.29, 0.717) is 0 Å². The van der Waals surface area contributed by atoms with Gasteiger partial charge < -0.3 is 15.0 Å². The molecule has 1 aliphatic carbocycles. The van der Waals surface area contributed by atoms with Crippen molar-refractivity contribution in [3.63, 3.8) is 0 Å². The van der Waals surface area contributed by atoms with Gasteiger partial charge in [0.05, 0.1) is 7.11 Å². The number of hydrogen-bond donors (Lipinski definition) is 1. The quantitative estimate of drug-likeness (QED) is 0.924. The normalized spacial score (nSPS) is 25.3. The fourth-order valence-electron chi connectivity index (χ4n) is 3.86. The zero-order valence-electron chi connectivity index (χ0n) is 13.1. The standard InChI is InChI=1S/C16H26N4O/c1-3-17-15-14(21-2)16(19-11-18-15)20-9-8-12-6-4-5-7-13(12)10-20/h11-13H,3-10H2,1-2H3,(H,17,18,19). The van der Waals surface area contributed by atoms with Gasteiger partial charge in [0.1, 0.15) is 6.33 Å². The largest absolute Gasteiger partial charge is 0.490 e. The molecule has 3 rings (SSSR count). The second-order valence-corrected chi connectivity index (χ2v) is 6.15. The SMILES string of the molecule is CCNc1ncnc(N2CCC3CCCCC3C2)c1OC. The summed E-state index contributed by atoms with van der Waals surface area (Å²) < 4.78 is 5.59. The molecule has 0 radical (unpaired) electrons. The van der Waals surface area contributed by atoms with E-state index in [1.165, 1.54) is 32.1 Å². The van der Waals surface area contributed by atoms with Gasteiger partial charge in [-0.25, -0.2) is 9.97 Å². The van der Waals surface area contributed by atoms with Gasteiger partial charge in [-0.05, 0) is 31.6 Å². The number of nitrogens with one attached hydrogen (secondary N) is 1. The van der Waals surface area contributed by atoms with Crippen LogP contribution in [0.4, 0.5) is 11.6 Å². The molecule has 21 heavy (non-hydrogen) atoms. The molecule has 2 fully saturated rings. The average Bonchev–Trinajstić information content (AvgIpc) is 2.54. The lowest BCUT2D eigenvalue weighted by Gasteiger charge is -2.42. The van der Waals surface area contributed by atoms with Crippen molar-refractivity contribution in [3.8, 4) is 5.75 Å². The predicted octanol–water partition coefficient (Wildman–Crippen LogP) is 2.93. The Balaban J connectivity index is 1.81. The lowest BCUT2D eigenvalue weighted by molar-refractivity contribution is 0.201. The van der Waals surface area contributed by atoms with Gasteiger partial charge in [-0.3, -0.25) is 0 Å². The Morgan fingerprint density at radius 2 is 2.05 bits per heavy atom. The first-order valence-corrected chi connectivity index (χ1v) is 8.21. The zero-order valence-corrected chi connectivity index (χ0v) is 13.1. The van der Waals surface area contributed by atoms with E-state index in [0.717, 1.165) is 48.9 Å². The molecule has 2 atom stereocenters. The summed E-state index contributed by atoms with van der Waals surface area (Å²) >= 11 is 0. The van der Waals surface area contributed by atoms with E-state index in [4.69, 9.17) is 4.74 Å². The van der Waals surface area contributed by atoms with Crippen LogP contribution in [-0.2, 0) is 0 Å². The topological polar surface area (TPSA) is 50.3 Å². The Labute approximate surface area is 127 Å². The van der Waals surface area contributed by atoms with E-state index >= 15 is 0 Å². The van der Waals surface area contributed by atoms with Crippen molar-refractivity contribution in [2.45, 2.75) is 39.0 Å². The summed E-state index contributed by atoms with van der Waals surface area (Å²) in [5.74, 6) is 4.29. The van der Waals surface area contributed by atoms with Gasteiger partial charge in [-0.2, -0.15) is 0 Å². The molecule has 0 bridgehead atoms. The predicted molar refractivity (Wildman–Crippen MR) is 85.0 cm³/mol. The third-order valence-corrected chi connectivity index (χ3v) is 4.92. The first-order valence-electron chi connectivity index (χ1n) is 8.21. The Morgan fingerprint density at radius 3 is 2.81 bits per heavy atom. The maximum atomic E-state index is 5.59. The smallest absolute Gasteiger partial charge is 0.204 e. The van der Waals surface area contributed by atoms with Crippen molar-refractivity contribution in [2.75, 3.05) is 37.0 Å². The summed E-state index contributed by atoms with van der Waals surface area (Å²) in [4.78, 5) is 11.2. The molecule has 0 aromatic carbocycles. The molecular formula is C16H26N4O.